The number of nitrogens with one attached hydrogen (secondary N) is 1. The maximum Gasteiger partial charge on any atom is 0.490 e. The molecule has 2 aromatic rings. The first-order chi connectivity index (χ1) is 14.7. The van der Waals surface area contributed by atoms with Crippen molar-refractivity contribution in [1.82, 2.24) is 4.90 Å². The highest BCUT2D eigenvalue weighted by atomic mass is 32.1. The van der Waals surface area contributed by atoms with Crippen LogP contribution in [0, 0.1) is 11.3 Å². The molecule has 1 aromatic carbocycles. The van der Waals surface area contributed by atoms with Gasteiger partial charge in [0.15, 0.2) is 0 Å². The lowest BCUT2D eigenvalue weighted by atomic mass is 9.97. The monoisotopic (exact) mass is 453 g/mol. The number of likely N-dealkylation sites (tertiary alicyclic amines) is 1. The third-order valence-corrected chi connectivity index (χ3v) is 6.03. The van der Waals surface area contributed by atoms with Crippen LogP contribution < -0.4 is 5.32 Å². The molecule has 3 heterocycles. The molecule has 0 amide bonds. The van der Waals surface area contributed by atoms with E-state index in [1.54, 1.807) is 0 Å². The average Bonchev–Trinajstić information content (AvgIpc) is 3.45. The van der Waals surface area contributed by atoms with Crippen LogP contribution in [0.25, 0.3) is 0 Å². The molecule has 2 aliphatic rings. The molecule has 1 aromatic heterocycles. The Bertz CT molecular complexity index is 930. The van der Waals surface area contributed by atoms with E-state index in [-0.39, 0.29) is 5.60 Å². The third-order valence-electron chi connectivity index (χ3n) is 5.17. The zero-order chi connectivity index (χ0) is 22.5. The Kier molecular flexibility index (Phi) is 7.20. The van der Waals surface area contributed by atoms with Gasteiger partial charge in [-0.1, -0.05) is 12.1 Å². The van der Waals surface area contributed by atoms with Crippen molar-refractivity contribution in [3.63, 3.8) is 0 Å². The number of anilines is 1. The molecule has 166 valence electrons. The van der Waals surface area contributed by atoms with E-state index in [1.165, 1.54) is 4.88 Å². The van der Waals surface area contributed by atoms with Gasteiger partial charge in [0.05, 0.1) is 29.9 Å². The Morgan fingerprint density at radius 2 is 2.16 bits per heavy atom. The summed E-state index contributed by atoms with van der Waals surface area (Å²) in [5.41, 5.74) is 1.70. The first-order valence-corrected chi connectivity index (χ1v) is 10.5. The number of benzene rings is 1. The molecule has 2 N–H and O–H groups in total. The van der Waals surface area contributed by atoms with Crippen molar-refractivity contribution in [3.05, 3.63) is 52.2 Å². The molecular weight excluding hydrogens is 431 g/mol. The fraction of sp³-hybridized carbons (Fsp3) is 0.429. The Balaban J connectivity index is 0.000000339. The van der Waals surface area contributed by atoms with Crippen LogP contribution >= 0.6 is 11.3 Å². The van der Waals surface area contributed by atoms with Gasteiger partial charge in [-0.3, -0.25) is 4.90 Å². The maximum absolute atomic E-state index is 10.6. The lowest BCUT2D eigenvalue weighted by Crippen LogP contribution is -2.33. The zero-order valence-electron chi connectivity index (χ0n) is 16.6. The summed E-state index contributed by atoms with van der Waals surface area (Å²) in [6.45, 7) is 3.89. The minimum Gasteiger partial charge on any atom is -0.475 e. The van der Waals surface area contributed by atoms with E-state index in [4.69, 9.17) is 19.9 Å². The van der Waals surface area contributed by atoms with Crippen molar-refractivity contribution < 1.29 is 27.8 Å². The van der Waals surface area contributed by atoms with Gasteiger partial charge in [0.25, 0.3) is 0 Å². The molecule has 0 bridgehead atoms. The molecule has 0 saturated carbocycles. The van der Waals surface area contributed by atoms with Crippen LogP contribution in [0.5, 0.6) is 0 Å². The number of carboxylic acid groups (broad SMARTS) is 1. The predicted octanol–water partition coefficient (Wildman–Crippen LogP) is 4.10. The Morgan fingerprint density at radius 1 is 1.39 bits per heavy atom. The quantitative estimate of drug-likeness (QED) is 0.725. The minimum absolute atomic E-state index is 0.00175. The van der Waals surface area contributed by atoms with Gasteiger partial charge in [0.2, 0.25) is 0 Å². The van der Waals surface area contributed by atoms with Crippen LogP contribution in [0.1, 0.15) is 23.3 Å². The van der Waals surface area contributed by atoms with E-state index in [2.05, 4.69) is 33.8 Å². The largest absolute Gasteiger partial charge is 0.490 e. The summed E-state index contributed by atoms with van der Waals surface area (Å²) >= 11 is 1.83. The highest BCUT2D eigenvalue weighted by Gasteiger charge is 2.45. The molecule has 2 saturated heterocycles. The minimum atomic E-state index is -5.08. The Hall–Kier alpha value is -2.61. The summed E-state index contributed by atoms with van der Waals surface area (Å²) in [6, 6.07) is 14.5. The molecule has 10 heteroatoms. The van der Waals surface area contributed by atoms with Crippen molar-refractivity contribution >= 4 is 23.0 Å². The summed E-state index contributed by atoms with van der Waals surface area (Å²) in [6.07, 6.45) is -2.94. The van der Waals surface area contributed by atoms with Gasteiger partial charge < -0.3 is 15.2 Å². The molecule has 4 rings (SSSR count). The summed E-state index contributed by atoms with van der Waals surface area (Å²) < 4.78 is 38.0. The Labute approximate surface area is 181 Å². The van der Waals surface area contributed by atoms with E-state index in [1.807, 2.05) is 35.6 Å². The van der Waals surface area contributed by atoms with Crippen molar-refractivity contribution in [3.8, 4) is 6.07 Å². The Morgan fingerprint density at radius 3 is 2.81 bits per heavy atom. The number of nitrogens with zero attached hydrogens (tertiary/aromatic N) is 2. The van der Waals surface area contributed by atoms with Gasteiger partial charge >= 0.3 is 12.1 Å². The second-order valence-electron chi connectivity index (χ2n) is 7.57. The van der Waals surface area contributed by atoms with Crippen LogP contribution in [-0.2, 0) is 16.1 Å². The van der Waals surface area contributed by atoms with E-state index in [9.17, 15) is 13.2 Å². The van der Waals surface area contributed by atoms with Crippen LogP contribution in [-0.4, -0.2) is 53.5 Å². The highest BCUT2D eigenvalue weighted by Crippen LogP contribution is 2.37. The van der Waals surface area contributed by atoms with Crippen molar-refractivity contribution in [2.45, 2.75) is 37.2 Å². The van der Waals surface area contributed by atoms with Crippen molar-refractivity contribution in [2.75, 3.05) is 25.0 Å². The van der Waals surface area contributed by atoms with E-state index >= 15 is 0 Å². The van der Waals surface area contributed by atoms with Crippen LogP contribution in [0.4, 0.5) is 18.9 Å². The topological polar surface area (TPSA) is 85.6 Å². The second-order valence-corrected chi connectivity index (χ2v) is 8.61. The number of nitriles is 1. The zero-order valence-corrected chi connectivity index (χ0v) is 17.4. The van der Waals surface area contributed by atoms with Gasteiger partial charge in [0, 0.05) is 36.6 Å². The van der Waals surface area contributed by atoms with Crippen LogP contribution in [0.3, 0.4) is 0 Å². The van der Waals surface area contributed by atoms with Gasteiger partial charge in [-0.2, -0.15) is 18.4 Å². The lowest BCUT2D eigenvalue weighted by molar-refractivity contribution is -0.192. The fourth-order valence-electron chi connectivity index (χ4n) is 3.82. The maximum atomic E-state index is 10.6. The SMILES string of the molecule is N#Cc1cccc(NC2COC3(CCN(Cc4cccs4)C3)C2)c1.O=C(O)C(F)(F)F. The smallest absolute Gasteiger partial charge is 0.475 e. The number of thiophene rings is 1. The number of aliphatic carboxylic acids is 1. The number of hydrogen-bond acceptors (Lipinski definition) is 6. The summed E-state index contributed by atoms with van der Waals surface area (Å²) in [5, 5.41) is 21.8. The van der Waals surface area contributed by atoms with E-state index in [0.29, 0.717) is 11.6 Å². The molecule has 2 aliphatic heterocycles. The third kappa shape index (κ3) is 6.43. The molecule has 0 aliphatic carbocycles. The first-order valence-electron chi connectivity index (χ1n) is 9.65. The molecule has 1 spiro atoms. The van der Waals surface area contributed by atoms with E-state index in [0.717, 1.165) is 44.8 Å². The van der Waals surface area contributed by atoms with Gasteiger partial charge in [-0.05, 0) is 36.1 Å². The molecule has 2 fully saturated rings. The van der Waals surface area contributed by atoms with Gasteiger partial charge in [0.1, 0.15) is 0 Å². The summed E-state index contributed by atoms with van der Waals surface area (Å²) in [7, 11) is 0. The summed E-state index contributed by atoms with van der Waals surface area (Å²) in [5.74, 6) is -2.76. The summed E-state index contributed by atoms with van der Waals surface area (Å²) in [4.78, 5) is 12.8. The number of halogens is 3. The fourth-order valence-corrected chi connectivity index (χ4v) is 4.57. The molecule has 6 nitrogen and oxygen atoms in total. The first kappa shape index (κ1) is 23.1. The number of rotatable bonds is 4. The molecule has 0 radical (unpaired) electrons. The highest BCUT2D eigenvalue weighted by molar-refractivity contribution is 7.09. The molecule has 31 heavy (non-hydrogen) atoms. The average molecular weight is 453 g/mol. The number of carboxylic acids is 1. The van der Waals surface area contributed by atoms with Crippen molar-refractivity contribution in [2.24, 2.45) is 0 Å². The van der Waals surface area contributed by atoms with Crippen LogP contribution in [0.2, 0.25) is 0 Å². The lowest BCUT2D eigenvalue weighted by Gasteiger charge is -2.23. The van der Waals surface area contributed by atoms with Gasteiger partial charge in [-0.15, -0.1) is 11.3 Å². The number of ether oxygens (including phenoxy) is 1. The standard InChI is InChI=1S/C19H21N3OS.C2HF3O2/c20-11-15-3-1-4-16(9-15)21-17-10-19(23-13-17)6-7-22(14-19)12-18-5-2-8-24-18;3-2(4,5)1(6)7/h1-5,8-9,17,21H,6-7,10,12-14H2;(H,6,7). The number of carbonyl (C=O) groups is 1. The molecule has 2 atom stereocenters. The van der Waals surface area contributed by atoms with Crippen molar-refractivity contribution in [1.29, 1.82) is 5.26 Å². The number of hydrogen-bond donors (Lipinski definition) is 2. The molecular formula is C21H22F3N3O3S. The molecule has 2 unspecified atom stereocenters. The normalized spacial score (nSPS) is 23.2. The van der Waals surface area contributed by atoms with Crippen LogP contribution in [0.15, 0.2) is 41.8 Å². The second kappa shape index (κ2) is 9.68. The van der Waals surface area contributed by atoms with E-state index < -0.39 is 12.1 Å². The number of alkyl halides is 3. The van der Waals surface area contributed by atoms with Gasteiger partial charge in [-0.25, -0.2) is 4.79 Å². The predicted molar refractivity (Wildman–Crippen MR) is 110 cm³/mol.